The molecule has 0 saturated carbocycles. The van der Waals surface area contributed by atoms with Crippen molar-refractivity contribution in [3.8, 4) is 11.1 Å². The number of hydrogen-bond acceptors (Lipinski definition) is 24. The van der Waals surface area contributed by atoms with Gasteiger partial charge >= 0.3 is 18.0 Å². The quantitative estimate of drug-likeness (QED) is 0.0127. The van der Waals surface area contributed by atoms with Gasteiger partial charge in [0.25, 0.3) is 0 Å². The van der Waals surface area contributed by atoms with Gasteiger partial charge in [0.15, 0.2) is 53.6 Å². The Morgan fingerprint density at radius 3 is 0.901 bits per heavy atom. The Kier molecular flexibility index (Phi) is 54.1. The average Bonchev–Trinajstić information content (AvgIpc) is 1.67. The lowest BCUT2D eigenvalue weighted by molar-refractivity contribution is -0.142. The molecule has 0 bridgehead atoms. The van der Waals surface area contributed by atoms with Crippen molar-refractivity contribution in [2.24, 2.45) is 94.5 Å². The van der Waals surface area contributed by atoms with Crippen LogP contribution in [0.4, 0.5) is 4.79 Å². The van der Waals surface area contributed by atoms with Gasteiger partial charge in [0.05, 0.1) is 12.1 Å². The van der Waals surface area contributed by atoms with Crippen LogP contribution in [-0.2, 0) is 68.7 Å². The standard InChI is InChI=1S/C84H144N40O16S/c85-75(86)103-34-6-17-48(112-61(125)27-5-4-26-60-63-59(44-141-60)123-84(140)124-63)64(128)113-49(18-7-35-104-76(87)88)65(129)114-50(19-8-36-105-77(89)90)66(130)115-51(20-9-37-106-78(91)92)67(131)116-52(21-10-38-107-79(93)94)68(132)117-53(22-11-39-108-80(95)96)69(133)118-54(23-12-40-109-81(97)98)70(134)119-55(24-13-41-110-82(99)100)71(135)121-57(32-33-62(126)127)73(137)120-56(25-14-42-111-83(101)102)72(136)122-58(74(138)139)43-45-28-30-47(31-29-45)46-15-2-1-3-16-46/h1-3,15-16,28-31,48-60,63H,4-14,17-27,32-44H2,(H,112,125)(H,113,128)(H,114,129)(H,115,130)(H,116,131)(H,117,132)(H,118,133)(H,119,134)(H,120,137)(H,121,135)(H,122,136)(H,126,127)(H,138,139)(H4,85,86,103)(H4,87,88,104)(H4,89,90,105)(H4,91,92,106)(H4,93,94,107)(H4,95,96,108)(H4,97,98,109)(H4,99,100,110)(H4,101,102,111)(H2,123,124,140)/t48-,49-,50-,51-,52-,53-,54-,55-,56-,57-,58-,59-,60-,63-/m0/s1. The molecule has 2 fully saturated rings. The summed E-state index contributed by atoms with van der Waals surface area (Å²) >= 11 is 1.71. The van der Waals surface area contributed by atoms with E-state index in [0.717, 1.165) is 16.9 Å². The van der Waals surface area contributed by atoms with Crippen LogP contribution in [0.1, 0.15) is 160 Å². The lowest BCUT2D eigenvalue weighted by Gasteiger charge is -2.29. The number of nitrogens with zero attached hydrogens (tertiary/aromatic N) is 4. The molecule has 57 heteroatoms. The third-order valence-corrected chi connectivity index (χ3v) is 23.4. The van der Waals surface area contributed by atoms with Gasteiger partial charge in [-0.2, -0.15) is 11.8 Å². The normalized spacial score (nSPS) is 15.5. The van der Waals surface area contributed by atoms with Crippen LogP contribution in [0.25, 0.3) is 11.1 Å². The lowest BCUT2D eigenvalue weighted by atomic mass is 10.00. The second-order valence-electron chi connectivity index (χ2n) is 33.3. The van der Waals surface area contributed by atoms with E-state index in [0.29, 0.717) is 24.8 Å². The number of carbonyl (C=O) groups is 14. The summed E-state index contributed by atoms with van der Waals surface area (Å²) in [6.07, 6.45) is -2.38. The van der Waals surface area contributed by atoms with Crippen molar-refractivity contribution in [2.45, 2.75) is 244 Å². The molecule has 2 aliphatic rings. The fourth-order valence-corrected chi connectivity index (χ4v) is 16.3. The minimum atomic E-state index is -1.83. The Balaban J connectivity index is 1.75. The van der Waals surface area contributed by atoms with Gasteiger partial charge in [-0.1, -0.05) is 61.0 Å². The van der Waals surface area contributed by atoms with Gasteiger partial charge in [-0.3, -0.25) is 105 Å². The molecule has 2 heterocycles. The van der Waals surface area contributed by atoms with Gasteiger partial charge in [-0.05, 0) is 152 Å². The Morgan fingerprint density at radius 2 is 0.617 bits per heavy atom. The summed E-state index contributed by atoms with van der Waals surface area (Å²) in [6.45, 7) is -0.678. The average molecular weight is 2000 g/mol. The van der Waals surface area contributed by atoms with Crippen molar-refractivity contribution in [1.29, 1.82) is 27.0 Å². The fraction of sp³-hybridized carbons (Fsp3) is 0.583. The predicted molar refractivity (Wildman–Crippen MR) is 531 cm³/mol. The van der Waals surface area contributed by atoms with E-state index < -0.39 is 186 Å². The van der Waals surface area contributed by atoms with Gasteiger partial charge in [0.1, 0.15) is 66.5 Å². The first-order chi connectivity index (χ1) is 67.0. The Hall–Kier alpha value is -15.4. The van der Waals surface area contributed by atoms with Gasteiger partial charge < -0.3 is 180 Å². The molecule has 0 aliphatic carbocycles. The molecule has 2 saturated heterocycles. The molecule has 0 unspecified atom stereocenters. The van der Waals surface area contributed by atoms with Crippen molar-refractivity contribution >= 4 is 148 Å². The van der Waals surface area contributed by atoms with Crippen LogP contribution in [0.3, 0.4) is 0 Å². The summed E-state index contributed by atoms with van der Waals surface area (Å²) in [4.78, 5) is 216. The molecular formula is C84H144N40O16S. The summed E-state index contributed by atoms with van der Waals surface area (Å²) in [7, 11) is 0. The number of aliphatic carboxylic acids is 2. The molecule has 14 atom stereocenters. The highest BCUT2D eigenvalue weighted by molar-refractivity contribution is 8.00. The Morgan fingerprint density at radius 1 is 0.340 bits per heavy atom. The number of nitrogens with one attached hydrogen (secondary N) is 23. The third kappa shape index (κ3) is 49.5. The second kappa shape index (κ2) is 64.6. The molecule has 2 aromatic carbocycles. The minimum Gasteiger partial charge on any atom is -0.481 e. The zero-order valence-corrected chi connectivity index (χ0v) is 79.7. The maximum Gasteiger partial charge on any atom is 0.326 e. The number of guanidine groups is 9. The van der Waals surface area contributed by atoms with E-state index in [2.05, 4.69) is 116 Å². The first kappa shape index (κ1) is 118. The first-order valence-corrected chi connectivity index (χ1v) is 47.3. The summed E-state index contributed by atoms with van der Waals surface area (Å²) in [6, 6.07) is -1.93. The summed E-state index contributed by atoms with van der Waals surface area (Å²) in [5, 5.41) is 107. The zero-order valence-electron chi connectivity index (χ0n) is 78.8. The first-order valence-electron chi connectivity index (χ1n) is 46.2. The molecule has 56 nitrogen and oxygen atoms in total. The minimum absolute atomic E-state index is 0.000116. The van der Waals surface area contributed by atoms with Crippen molar-refractivity contribution in [3.63, 3.8) is 0 Å². The number of fused-ring (bicyclic) bond motifs is 1. The molecule has 0 radical (unpaired) electrons. The van der Waals surface area contributed by atoms with Crippen molar-refractivity contribution in [1.82, 2.24) is 95.7 Å². The number of hydrogen-bond donors (Lipinski definition) is 38. The van der Waals surface area contributed by atoms with E-state index in [4.69, 9.17) is 102 Å². The maximum atomic E-state index is 15.2. The van der Waals surface area contributed by atoms with E-state index in [1.807, 2.05) is 30.3 Å². The number of urea groups is 1. The largest absolute Gasteiger partial charge is 0.481 e. The van der Waals surface area contributed by atoms with Crippen LogP contribution < -0.4 is 170 Å². The van der Waals surface area contributed by atoms with Crippen LogP contribution in [0.5, 0.6) is 0 Å². The molecule has 13 amide bonds. The van der Waals surface area contributed by atoms with Gasteiger partial charge in [-0.25, -0.2) is 9.59 Å². The number of amides is 13. The summed E-state index contributed by atoms with van der Waals surface area (Å²) < 4.78 is 0. The number of aliphatic imine (C=N–C) groups is 4. The number of unbranched alkanes of at least 4 members (excludes halogenated alkanes) is 1. The zero-order chi connectivity index (χ0) is 104. The smallest absolute Gasteiger partial charge is 0.326 e. The lowest BCUT2D eigenvalue weighted by Crippen LogP contribution is -2.61. The SMILES string of the molecule is N=C(N)NCCC[C@H](NC(=O)[C@H](CCCNC(=N)N)NC(=O)[C@H](CCCNC(=N)N)NC(=O)[C@H](CCCNC(=N)N)NC(=O)[C@H](CCCNC(=N)N)NC(=O)[C@H](CCCN=C(N)N)NC(=O)[C@H](CCCN=C(N)N)NC(=O)[C@H](CCCN=C(N)N)NC(=O)CCCC[C@@H]1SC[C@@H]2NC(=O)N[C@@H]21)C(=O)N[C@@H](CCC(=O)O)C(=O)N[C@@H](CCCN=C(N)N)C(=O)N[C@@H](Cc1ccc(-c2ccccc2)cc1)C(=O)O. The van der Waals surface area contributed by atoms with Gasteiger partial charge in [0.2, 0.25) is 65.0 Å². The fourth-order valence-electron chi connectivity index (χ4n) is 14.8. The number of thioether (sulfide) groups is 1. The number of carboxylic acids is 2. The number of carbonyl (C=O) groups excluding carboxylic acids is 12. The van der Waals surface area contributed by atoms with Crippen LogP contribution in [0.2, 0.25) is 0 Å². The molecule has 782 valence electrons. The van der Waals surface area contributed by atoms with Crippen LogP contribution in [0.15, 0.2) is 74.6 Å². The molecule has 0 spiro atoms. The van der Waals surface area contributed by atoms with E-state index in [9.17, 15) is 53.4 Å². The highest BCUT2D eigenvalue weighted by Crippen LogP contribution is 2.33. The van der Waals surface area contributed by atoms with Crippen molar-refractivity contribution < 1.29 is 77.3 Å². The highest BCUT2D eigenvalue weighted by Gasteiger charge is 2.43. The monoisotopic (exact) mass is 2000 g/mol. The maximum absolute atomic E-state index is 15.2. The Labute approximate surface area is 819 Å². The number of benzene rings is 2. The number of rotatable bonds is 69. The van der Waals surface area contributed by atoms with E-state index >= 15 is 24.0 Å². The van der Waals surface area contributed by atoms with Gasteiger partial charge in [-0.15, -0.1) is 0 Å². The second-order valence-corrected chi connectivity index (χ2v) is 34.6. The van der Waals surface area contributed by atoms with Crippen molar-refractivity contribution in [2.75, 3.05) is 64.7 Å². The molecule has 4 rings (SSSR count). The highest BCUT2D eigenvalue weighted by atomic mass is 32.2. The molecule has 0 aromatic heterocycles. The van der Waals surface area contributed by atoms with Crippen LogP contribution in [0, 0.1) is 27.0 Å². The topological polar surface area (TPSA) is 1000 Å². The Bertz CT molecular complexity index is 4620. The molecule has 2 aliphatic heterocycles. The van der Waals surface area contributed by atoms with E-state index in [-0.39, 0.29) is 235 Å². The van der Waals surface area contributed by atoms with E-state index in [1.54, 1.807) is 36.0 Å². The predicted octanol–water partition coefficient (Wildman–Crippen LogP) is -9.57. The van der Waals surface area contributed by atoms with Crippen LogP contribution in [-0.4, -0.2) is 295 Å². The summed E-state index contributed by atoms with van der Waals surface area (Å²) in [5.41, 5.74) is 75.2. The summed E-state index contributed by atoms with van der Waals surface area (Å²) in [5.74, 6) is -16.7. The number of nitrogens with two attached hydrogens (primary N) is 13. The van der Waals surface area contributed by atoms with Crippen molar-refractivity contribution in [3.05, 3.63) is 60.2 Å². The van der Waals surface area contributed by atoms with Gasteiger partial charge in [0, 0.05) is 89.2 Å². The molecule has 2 aromatic rings. The third-order valence-electron chi connectivity index (χ3n) is 21.9. The molecular weight excluding hydrogens is 1860 g/mol. The molecule has 51 N–H and O–H groups in total. The number of carboxylic acid groups (broad SMARTS) is 2. The molecule has 141 heavy (non-hydrogen) atoms. The van der Waals surface area contributed by atoms with E-state index in [1.165, 1.54) is 0 Å². The van der Waals surface area contributed by atoms with Crippen LogP contribution >= 0.6 is 11.8 Å².